The number of ether oxygens (including phenoxy) is 4. The lowest BCUT2D eigenvalue weighted by Crippen LogP contribution is -2.40. The number of carbonyl (C=O) groups excluding carboxylic acids is 4. The summed E-state index contributed by atoms with van der Waals surface area (Å²) in [6.07, 6.45) is 42.6. The second-order valence-corrected chi connectivity index (χ2v) is 20.3. The molecule has 13 heteroatoms. The quantitative estimate of drug-likeness (QED) is 0.0359. The summed E-state index contributed by atoms with van der Waals surface area (Å²) in [5.74, 6) is -2.01. The average molecular weight is 964 g/mol. The minimum atomic E-state index is -1.39. The molecule has 13 nitrogen and oxygen atoms in total. The van der Waals surface area contributed by atoms with Crippen LogP contribution in [0.1, 0.15) is 265 Å². The third-order valence-electron chi connectivity index (χ3n) is 13.2. The molecule has 0 aliphatic heterocycles. The van der Waals surface area contributed by atoms with E-state index in [2.05, 4.69) is 24.2 Å². The summed E-state index contributed by atoms with van der Waals surface area (Å²) in [6.45, 7) is 6.77. The lowest BCUT2D eigenvalue weighted by molar-refractivity contribution is -0.171. The summed E-state index contributed by atoms with van der Waals surface area (Å²) in [5, 5.41) is 27.0. The van der Waals surface area contributed by atoms with E-state index in [1.165, 1.54) is 161 Å². The van der Waals surface area contributed by atoms with Crippen molar-refractivity contribution in [2.45, 2.75) is 272 Å². The van der Waals surface area contributed by atoms with Crippen LogP contribution in [0.2, 0.25) is 0 Å². The molecule has 0 saturated heterocycles. The highest BCUT2D eigenvalue weighted by Gasteiger charge is 2.39. The molecule has 1 heterocycles. The van der Waals surface area contributed by atoms with Gasteiger partial charge in [-0.25, -0.2) is 0 Å². The molecular formula is C55H101N3O10. The third-order valence-corrected chi connectivity index (χ3v) is 13.2. The van der Waals surface area contributed by atoms with Crippen LogP contribution in [0.4, 0.5) is 0 Å². The molecule has 0 aliphatic carbocycles. The number of aromatic nitrogens is 3. The number of aliphatic hydroxyl groups excluding tert-OH is 2. The maximum Gasteiger partial charge on any atom is 0.319 e. The van der Waals surface area contributed by atoms with Crippen molar-refractivity contribution in [1.29, 1.82) is 0 Å². The van der Waals surface area contributed by atoms with Gasteiger partial charge in [-0.2, -0.15) is 0 Å². The van der Waals surface area contributed by atoms with E-state index in [0.29, 0.717) is 18.7 Å². The predicted octanol–water partition coefficient (Wildman–Crippen LogP) is 13.0. The fraction of sp³-hybridized carbons (Fsp3) is 0.891. The summed E-state index contributed by atoms with van der Waals surface area (Å²) < 4.78 is 23.8. The zero-order valence-electron chi connectivity index (χ0n) is 44.0. The number of hydrogen-bond acceptors (Lipinski definition) is 12. The summed E-state index contributed by atoms with van der Waals surface area (Å²) >= 11 is 0. The summed E-state index contributed by atoms with van der Waals surface area (Å²) in [7, 11) is 0. The van der Waals surface area contributed by atoms with Gasteiger partial charge in [-0.05, 0) is 46.0 Å². The van der Waals surface area contributed by atoms with Gasteiger partial charge in [0.05, 0.1) is 26.0 Å². The van der Waals surface area contributed by atoms with Crippen LogP contribution in [0, 0.1) is 10.8 Å². The molecule has 0 spiro atoms. The van der Waals surface area contributed by atoms with E-state index in [1.807, 2.05) is 0 Å². The lowest BCUT2D eigenvalue weighted by atomic mass is 9.93. The summed E-state index contributed by atoms with van der Waals surface area (Å²) in [6, 6.07) is 0. The van der Waals surface area contributed by atoms with Gasteiger partial charge in [-0.15, -0.1) is 5.10 Å². The summed E-state index contributed by atoms with van der Waals surface area (Å²) in [4.78, 5) is 51.4. The molecule has 396 valence electrons. The molecule has 1 rings (SSSR count). The van der Waals surface area contributed by atoms with Crippen LogP contribution < -0.4 is 0 Å². The molecule has 1 aromatic heterocycles. The molecule has 0 fully saturated rings. The predicted molar refractivity (Wildman–Crippen MR) is 271 cm³/mol. The van der Waals surface area contributed by atoms with Crippen LogP contribution in [-0.2, 0) is 51.3 Å². The molecule has 0 aliphatic rings. The minimum absolute atomic E-state index is 0.138. The van der Waals surface area contributed by atoms with Gasteiger partial charge in [-0.1, -0.05) is 205 Å². The number of aliphatic hydroxyl groups is 2. The number of nitrogens with zero attached hydrogens (tertiary/aromatic N) is 3. The highest BCUT2D eigenvalue weighted by Crippen LogP contribution is 2.23. The van der Waals surface area contributed by atoms with Crippen LogP contribution in [0.5, 0.6) is 0 Å². The first-order chi connectivity index (χ1) is 33.0. The Kier molecular flexibility index (Phi) is 39.6. The average Bonchev–Trinajstić information content (AvgIpc) is 3.81. The van der Waals surface area contributed by atoms with Crippen molar-refractivity contribution in [3.63, 3.8) is 0 Å². The zero-order valence-corrected chi connectivity index (χ0v) is 44.0. The van der Waals surface area contributed by atoms with Crippen molar-refractivity contribution in [1.82, 2.24) is 15.0 Å². The second-order valence-electron chi connectivity index (χ2n) is 20.3. The van der Waals surface area contributed by atoms with Crippen molar-refractivity contribution < 1.29 is 48.3 Å². The van der Waals surface area contributed by atoms with Gasteiger partial charge in [0.15, 0.2) is 0 Å². The molecule has 0 atom stereocenters. The fourth-order valence-corrected chi connectivity index (χ4v) is 8.14. The molecule has 0 aromatic carbocycles. The maximum atomic E-state index is 13.6. The number of carbonyl (C=O) groups is 4. The number of aryl methyl sites for hydroxylation is 1. The SMILES string of the molecule is CCCCCCCCCCCCCCCCCC(=O)OCC(C)(COC(=O)CCCCCCCCCCCCCCCCC)C(=O)OCc1cn(CCCCCCOC(=O)C(C)(CO)CO)nn1. The Morgan fingerprint density at radius 2 is 0.824 bits per heavy atom. The van der Waals surface area contributed by atoms with E-state index >= 15 is 0 Å². The van der Waals surface area contributed by atoms with E-state index in [0.717, 1.165) is 57.8 Å². The molecule has 0 amide bonds. The van der Waals surface area contributed by atoms with Crippen LogP contribution in [0.25, 0.3) is 0 Å². The van der Waals surface area contributed by atoms with Gasteiger partial charge < -0.3 is 29.2 Å². The molecule has 0 unspecified atom stereocenters. The highest BCUT2D eigenvalue weighted by atomic mass is 16.6. The zero-order chi connectivity index (χ0) is 49.8. The molecule has 2 N–H and O–H groups in total. The summed E-state index contributed by atoms with van der Waals surface area (Å²) in [5.41, 5.74) is -2.24. The Morgan fingerprint density at radius 3 is 1.22 bits per heavy atom. The number of esters is 4. The van der Waals surface area contributed by atoms with Crippen LogP contribution in [-0.4, -0.2) is 82.1 Å². The fourth-order valence-electron chi connectivity index (χ4n) is 8.14. The normalized spacial score (nSPS) is 11.8. The van der Waals surface area contributed by atoms with E-state index in [-0.39, 0.29) is 51.2 Å². The minimum Gasteiger partial charge on any atom is -0.465 e. The first kappa shape index (κ1) is 63.0. The molecule has 0 saturated carbocycles. The van der Waals surface area contributed by atoms with Gasteiger partial charge in [-0.3, -0.25) is 23.9 Å². The van der Waals surface area contributed by atoms with Crippen molar-refractivity contribution in [3.8, 4) is 0 Å². The van der Waals surface area contributed by atoms with Gasteiger partial charge in [0.1, 0.15) is 36.3 Å². The smallest absolute Gasteiger partial charge is 0.319 e. The Labute approximate surface area is 413 Å². The topological polar surface area (TPSA) is 176 Å². The molecular weight excluding hydrogens is 863 g/mol. The Hall–Kier alpha value is -3.06. The molecule has 68 heavy (non-hydrogen) atoms. The highest BCUT2D eigenvalue weighted by molar-refractivity contribution is 5.78. The molecule has 1 aromatic rings. The van der Waals surface area contributed by atoms with Crippen molar-refractivity contribution in [3.05, 3.63) is 11.9 Å². The van der Waals surface area contributed by atoms with Gasteiger partial charge in [0.2, 0.25) is 0 Å². The van der Waals surface area contributed by atoms with E-state index in [4.69, 9.17) is 18.9 Å². The van der Waals surface area contributed by atoms with E-state index in [1.54, 1.807) is 17.8 Å². The number of rotatable bonds is 49. The van der Waals surface area contributed by atoms with Crippen molar-refractivity contribution >= 4 is 23.9 Å². The van der Waals surface area contributed by atoms with Crippen molar-refractivity contribution in [2.24, 2.45) is 10.8 Å². The second kappa shape index (κ2) is 42.8. The van der Waals surface area contributed by atoms with E-state index < -0.39 is 36.0 Å². The van der Waals surface area contributed by atoms with Crippen LogP contribution in [0.15, 0.2) is 6.20 Å². The standard InChI is InChI=1S/C55H101N3O10/c1-5-7-9-11-13-15-17-19-21-23-25-27-29-31-35-39-50(61)67-47-55(4,48-68-51(62)40-36-32-30-28-26-24-22-20-18-16-14-12-10-8-6-2)53(64)66-44-49-43-58(57-56-49)41-37-33-34-38-42-65-52(63)54(3,45-59)46-60/h43,59-60H,5-42,44-48H2,1-4H3. The van der Waals surface area contributed by atoms with Gasteiger partial charge >= 0.3 is 23.9 Å². The molecule has 0 radical (unpaired) electrons. The number of unbranched alkanes of at least 4 members (excludes halogenated alkanes) is 31. The first-order valence-electron chi connectivity index (χ1n) is 27.8. The largest absolute Gasteiger partial charge is 0.465 e. The third kappa shape index (κ3) is 33.5. The Balaban J connectivity index is 2.49. The lowest BCUT2D eigenvalue weighted by Gasteiger charge is -2.26. The van der Waals surface area contributed by atoms with Crippen molar-refractivity contribution in [2.75, 3.05) is 33.0 Å². The Morgan fingerprint density at radius 1 is 0.471 bits per heavy atom. The van der Waals surface area contributed by atoms with Crippen LogP contribution in [0.3, 0.4) is 0 Å². The van der Waals surface area contributed by atoms with Gasteiger partial charge in [0.25, 0.3) is 0 Å². The molecule has 0 bridgehead atoms. The van der Waals surface area contributed by atoms with E-state index in [9.17, 15) is 29.4 Å². The maximum absolute atomic E-state index is 13.6. The first-order valence-corrected chi connectivity index (χ1v) is 27.8. The van der Waals surface area contributed by atoms with Gasteiger partial charge in [0, 0.05) is 19.4 Å². The van der Waals surface area contributed by atoms with Crippen LogP contribution >= 0.6 is 0 Å². The monoisotopic (exact) mass is 964 g/mol. The number of hydrogen-bond donors (Lipinski definition) is 2. The Bertz CT molecular complexity index is 1330.